The van der Waals surface area contributed by atoms with Crippen molar-refractivity contribution in [1.82, 2.24) is 0 Å². The van der Waals surface area contributed by atoms with Gasteiger partial charge in [-0.05, 0) is 24.3 Å². The van der Waals surface area contributed by atoms with Crippen molar-refractivity contribution in [2.24, 2.45) is 0 Å². The van der Waals surface area contributed by atoms with Crippen LogP contribution in [0.5, 0.6) is 5.75 Å². The van der Waals surface area contributed by atoms with Crippen molar-refractivity contribution < 1.29 is 24.4 Å². The van der Waals surface area contributed by atoms with Crippen LogP contribution in [0.1, 0.15) is 20.7 Å². The molecule has 0 saturated carbocycles. The van der Waals surface area contributed by atoms with Gasteiger partial charge in [0.1, 0.15) is 16.9 Å². The van der Waals surface area contributed by atoms with Gasteiger partial charge in [-0.15, -0.1) is 0 Å². The molecule has 0 aromatic heterocycles. The summed E-state index contributed by atoms with van der Waals surface area (Å²) in [5, 5.41) is 20.1. The number of esters is 1. The number of hydrogen-bond acceptors (Lipinski definition) is 5. The molecular formula is C14H8ClNO6. The fourth-order valence-electron chi connectivity index (χ4n) is 1.72. The predicted octanol–water partition coefficient (Wildman–Crippen LogP) is 3.17. The van der Waals surface area contributed by atoms with Crippen LogP contribution in [0.2, 0.25) is 5.02 Å². The Kier molecular flexibility index (Phi) is 4.38. The lowest BCUT2D eigenvalue weighted by molar-refractivity contribution is -0.385. The average Bonchev–Trinajstić information content (AvgIpc) is 2.48. The Bertz CT molecular complexity index is 774. The molecule has 2 rings (SSSR count). The summed E-state index contributed by atoms with van der Waals surface area (Å²) in [4.78, 5) is 33.3. The Morgan fingerprint density at radius 2 is 1.82 bits per heavy atom. The zero-order valence-corrected chi connectivity index (χ0v) is 11.6. The molecule has 7 nitrogen and oxygen atoms in total. The van der Waals surface area contributed by atoms with Crippen LogP contribution in [0, 0.1) is 10.1 Å². The second kappa shape index (κ2) is 6.23. The third-order valence-electron chi connectivity index (χ3n) is 2.70. The van der Waals surface area contributed by atoms with Crippen LogP contribution in [0.3, 0.4) is 0 Å². The lowest BCUT2D eigenvalue weighted by Gasteiger charge is -2.08. The van der Waals surface area contributed by atoms with E-state index in [1.54, 1.807) is 0 Å². The molecule has 8 heteroatoms. The Morgan fingerprint density at radius 3 is 2.45 bits per heavy atom. The Hall–Kier alpha value is -2.93. The smallest absolute Gasteiger partial charge is 0.350 e. The largest absolute Gasteiger partial charge is 0.478 e. The lowest BCUT2D eigenvalue weighted by Crippen LogP contribution is -2.13. The number of rotatable bonds is 4. The molecule has 0 aliphatic heterocycles. The van der Waals surface area contributed by atoms with E-state index in [1.165, 1.54) is 30.3 Å². The van der Waals surface area contributed by atoms with Gasteiger partial charge >= 0.3 is 11.9 Å². The highest BCUT2D eigenvalue weighted by Crippen LogP contribution is 2.25. The van der Waals surface area contributed by atoms with E-state index in [-0.39, 0.29) is 21.9 Å². The molecule has 0 unspecified atom stereocenters. The normalized spacial score (nSPS) is 10.0. The van der Waals surface area contributed by atoms with Crippen molar-refractivity contribution in [2.45, 2.75) is 0 Å². The Balaban J connectivity index is 2.38. The minimum Gasteiger partial charge on any atom is -0.478 e. The zero-order valence-electron chi connectivity index (χ0n) is 10.9. The number of nitro groups is 1. The highest BCUT2D eigenvalue weighted by molar-refractivity contribution is 6.31. The molecule has 2 aromatic rings. The van der Waals surface area contributed by atoms with E-state index in [1.807, 2.05) is 0 Å². The maximum absolute atomic E-state index is 12.0. The van der Waals surface area contributed by atoms with E-state index in [9.17, 15) is 19.7 Å². The molecule has 2 aromatic carbocycles. The highest BCUT2D eigenvalue weighted by atomic mass is 35.5. The lowest BCUT2D eigenvalue weighted by atomic mass is 10.1. The number of hydrogen-bond donors (Lipinski definition) is 1. The van der Waals surface area contributed by atoms with Crippen molar-refractivity contribution in [2.75, 3.05) is 0 Å². The van der Waals surface area contributed by atoms with Gasteiger partial charge in [0.2, 0.25) is 0 Å². The van der Waals surface area contributed by atoms with Crippen LogP contribution in [0.25, 0.3) is 0 Å². The quantitative estimate of drug-likeness (QED) is 0.401. The first-order chi connectivity index (χ1) is 10.4. The summed E-state index contributed by atoms with van der Waals surface area (Å²) in [5.74, 6) is -2.62. The van der Waals surface area contributed by atoms with Gasteiger partial charge in [-0.25, -0.2) is 9.59 Å². The second-order valence-electron chi connectivity index (χ2n) is 4.11. The van der Waals surface area contributed by atoms with Gasteiger partial charge in [0, 0.05) is 11.1 Å². The van der Waals surface area contributed by atoms with Crippen LogP contribution in [0.15, 0.2) is 42.5 Å². The zero-order chi connectivity index (χ0) is 16.3. The molecular weight excluding hydrogens is 314 g/mol. The van der Waals surface area contributed by atoms with Gasteiger partial charge in [0.05, 0.1) is 4.92 Å². The SMILES string of the molecule is O=C(O)c1cc(Cl)ccc1OC(=O)c1ccccc1[N+](=O)[O-]. The first-order valence-corrected chi connectivity index (χ1v) is 6.26. The number of halogens is 1. The number of nitro benzene ring substituents is 1. The van der Waals surface area contributed by atoms with Gasteiger partial charge in [0.25, 0.3) is 5.69 Å². The van der Waals surface area contributed by atoms with Crippen LogP contribution >= 0.6 is 11.6 Å². The van der Waals surface area contributed by atoms with E-state index in [2.05, 4.69) is 0 Å². The van der Waals surface area contributed by atoms with Crippen LogP contribution in [-0.4, -0.2) is 22.0 Å². The number of benzene rings is 2. The second-order valence-corrected chi connectivity index (χ2v) is 4.55. The van der Waals surface area contributed by atoms with Crippen molar-refractivity contribution in [3.63, 3.8) is 0 Å². The summed E-state index contributed by atoms with van der Waals surface area (Å²) < 4.78 is 4.96. The summed E-state index contributed by atoms with van der Waals surface area (Å²) in [6, 6.07) is 8.87. The van der Waals surface area contributed by atoms with Gasteiger partial charge in [0.15, 0.2) is 0 Å². The molecule has 0 radical (unpaired) electrons. The van der Waals surface area contributed by atoms with Crippen molar-refractivity contribution in [1.29, 1.82) is 0 Å². The number of para-hydroxylation sites is 1. The molecule has 0 fully saturated rings. The van der Waals surface area contributed by atoms with Crippen molar-refractivity contribution in [3.05, 3.63) is 68.7 Å². The molecule has 112 valence electrons. The number of ether oxygens (including phenoxy) is 1. The molecule has 0 heterocycles. The molecule has 0 spiro atoms. The van der Waals surface area contributed by atoms with E-state index >= 15 is 0 Å². The molecule has 0 aliphatic rings. The molecule has 0 amide bonds. The van der Waals surface area contributed by atoms with Gasteiger partial charge in [-0.2, -0.15) is 0 Å². The molecule has 0 bridgehead atoms. The summed E-state index contributed by atoms with van der Waals surface area (Å²) in [7, 11) is 0. The van der Waals surface area contributed by atoms with E-state index in [0.29, 0.717) is 0 Å². The number of carbonyl (C=O) groups excluding carboxylic acids is 1. The first-order valence-electron chi connectivity index (χ1n) is 5.88. The van der Waals surface area contributed by atoms with Crippen LogP contribution in [-0.2, 0) is 0 Å². The molecule has 22 heavy (non-hydrogen) atoms. The highest BCUT2D eigenvalue weighted by Gasteiger charge is 2.23. The topological polar surface area (TPSA) is 107 Å². The number of carboxylic acids is 1. The van der Waals surface area contributed by atoms with Crippen molar-refractivity contribution >= 4 is 29.2 Å². The summed E-state index contributed by atoms with van der Waals surface area (Å²) in [6.07, 6.45) is 0. The van der Waals surface area contributed by atoms with Gasteiger partial charge < -0.3 is 9.84 Å². The minimum absolute atomic E-state index is 0.155. The number of aromatic carboxylic acids is 1. The Morgan fingerprint density at radius 1 is 1.14 bits per heavy atom. The number of carbonyl (C=O) groups is 2. The molecule has 1 N–H and O–H groups in total. The van der Waals surface area contributed by atoms with Gasteiger partial charge in [-0.1, -0.05) is 23.7 Å². The maximum atomic E-state index is 12.0. The summed E-state index contributed by atoms with van der Waals surface area (Å²) in [5.41, 5.74) is -1.03. The van der Waals surface area contributed by atoms with Crippen molar-refractivity contribution in [3.8, 4) is 5.75 Å². The third kappa shape index (κ3) is 3.21. The van der Waals surface area contributed by atoms with E-state index in [0.717, 1.165) is 12.1 Å². The van der Waals surface area contributed by atoms with E-state index in [4.69, 9.17) is 21.4 Å². The summed E-state index contributed by atoms with van der Waals surface area (Å²) >= 11 is 5.69. The Labute approximate surface area is 128 Å². The van der Waals surface area contributed by atoms with Gasteiger partial charge in [-0.3, -0.25) is 10.1 Å². The monoisotopic (exact) mass is 321 g/mol. The van der Waals surface area contributed by atoms with E-state index < -0.39 is 22.5 Å². The van der Waals surface area contributed by atoms with Crippen LogP contribution in [0.4, 0.5) is 5.69 Å². The third-order valence-corrected chi connectivity index (χ3v) is 2.93. The summed E-state index contributed by atoms with van der Waals surface area (Å²) in [6.45, 7) is 0. The molecule has 0 saturated heterocycles. The fourth-order valence-corrected chi connectivity index (χ4v) is 1.89. The molecule has 0 atom stereocenters. The average molecular weight is 322 g/mol. The standard InChI is InChI=1S/C14H8ClNO6/c15-8-5-6-12(10(7-8)13(17)18)22-14(19)9-3-1-2-4-11(9)16(20)21/h1-7H,(H,17,18). The first kappa shape index (κ1) is 15.5. The predicted molar refractivity (Wildman–Crippen MR) is 76.5 cm³/mol. The fraction of sp³-hybridized carbons (Fsp3) is 0. The number of carboxylic acid groups (broad SMARTS) is 1. The van der Waals surface area contributed by atoms with Crippen LogP contribution < -0.4 is 4.74 Å². The molecule has 0 aliphatic carbocycles. The number of nitrogens with zero attached hydrogens (tertiary/aromatic N) is 1. The maximum Gasteiger partial charge on any atom is 0.350 e. The minimum atomic E-state index is -1.34.